The van der Waals surface area contributed by atoms with Gasteiger partial charge in [-0.1, -0.05) is 48.0 Å². The maximum atomic E-state index is 12.9. The quantitative estimate of drug-likeness (QED) is 0.347. The van der Waals surface area contributed by atoms with E-state index in [1.54, 1.807) is 0 Å². The first-order chi connectivity index (χ1) is 16.4. The maximum Gasteiger partial charge on any atom is 0.329 e. The number of hydrogen-bond acceptors (Lipinski definition) is 3. The van der Waals surface area contributed by atoms with Crippen LogP contribution in [0, 0.1) is 20.8 Å². The molecule has 5 nitrogen and oxygen atoms in total. The minimum Gasteiger partial charge on any atom is -0.480 e. The lowest BCUT2D eigenvalue weighted by molar-refractivity contribution is -0.140. The van der Waals surface area contributed by atoms with Crippen molar-refractivity contribution >= 4 is 29.2 Å². The summed E-state index contributed by atoms with van der Waals surface area (Å²) >= 11 is 6.21. The lowest BCUT2D eigenvalue weighted by Crippen LogP contribution is -2.43. The molecule has 0 aliphatic heterocycles. The predicted molar refractivity (Wildman–Crippen MR) is 141 cm³/mol. The molecule has 1 aliphatic carbocycles. The van der Waals surface area contributed by atoms with Crippen molar-refractivity contribution in [3.05, 3.63) is 87.4 Å². The number of carbonyl (C=O) groups is 2. The Morgan fingerprint density at radius 3 is 2.14 bits per heavy atom. The summed E-state index contributed by atoms with van der Waals surface area (Å²) in [4.78, 5) is 24.4. The minimum absolute atomic E-state index is 0.315. The average Bonchev–Trinajstić information content (AvgIpc) is 3.55. The summed E-state index contributed by atoms with van der Waals surface area (Å²) in [5.41, 5.74) is 5.93. The van der Waals surface area contributed by atoms with Crippen molar-refractivity contribution in [2.75, 3.05) is 5.32 Å². The van der Waals surface area contributed by atoms with E-state index in [0.29, 0.717) is 18.4 Å². The highest BCUT2D eigenvalue weighted by Crippen LogP contribution is 2.37. The molecule has 1 aliphatic rings. The molecule has 0 saturated heterocycles. The number of aryl methyl sites for hydroxylation is 3. The third kappa shape index (κ3) is 5.06. The van der Waals surface area contributed by atoms with Crippen LogP contribution in [0.2, 0.25) is 5.02 Å². The van der Waals surface area contributed by atoms with Gasteiger partial charge in [-0.3, -0.25) is 4.79 Å². The van der Waals surface area contributed by atoms with Crippen LogP contribution in [0.1, 0.15) is 59.3 Å². The van der Waals surface area contributed by atoms with Gasteiger partial charge in [0.05, 0.1) is 5.54 Å². The number of halogens is 1. The molecule has 6 heteroatoms. The normalized spacial score (nSPS) is 14.3. The van der Waals surface area contributed by atoms with Crippen LogP contribution in [0.4, 0.5) is 5.69 Å². The van der Waals surface area contributed by atoms with Crippen LogP contribution in [-0.2, 0) is 10.3 Å². The van der Waals surface area contributed by atoms with Crippen molar-refractivity contribution in [1.29, 1.82) is 0 Å². The first kappa shape index (κ1) is 24.8. The highest BCUT2D eigenvalue weighted by molar-refractivity contribution is 6.31. The Labute approximate surface area is 211 Å². The average molecular weight is 491 g/mol. The first-order valence-electron chi connectivity index (χ1n) is 11.7. The summed E-state index contributed by atoms with van der Waals surface area (Å²) in [5.74, 6) is -1.30. The minimum atomic E-state index is -1.11. The third-order valence-corrected chi connectivity index (χ3v) is 7.23. The van der Waals surface area contributed by atoms with Crippen molar-refractivity contribution < 1.29 is 14.7 Å². The van der Waals surface area contributed by atoms with Crippen LogP contribution in [0.15, 0.2) is 54.6 Å². The second-order valence-corrected chi connectivity index (χ2v) is 10.5. The molecule has 0 heterocycles. The molecule has 0 atom stereocenters. The molecule has 1 saturated carbocycles. The van der Waals surface area contributed by atoms with E-state index in [9.17, 15) is 14.7 Å². The van der Waals surface area contributed by atoms with Crippen LogP contribution in [0.5, 0.6) is 0 Å². The zero-order valence-corrected chi connectivity index (χ0v) is 21.5. The lowest BCUT2D eigenvalue weighted by Gasteiger charge is -2.29. The van der Waals surface area contributed by atoms with Crippen molar-refractivity contribution in [3.63, 3.8) is 0 Å². The van der Waals surface area contributed by atoms with E-state index >= 15 is 0 Å². The largest absolute Gasteiger partial charge is 0.480 e. The number of carbonyl (C=O) groups excluding carboxylic acids is 1. The Morgan fingerprint density at radius 1 is 0.914 bits per heavy atom. The molecular weight excluding hydrogens is 460 g/mol. The topological polar surface area (TPSA) is 78.4 Å². The van der Waals surface area contributed by atoms with Gasteiger partial charge in [0, 0.05) is 16.3 Å². The molecule has 3 aromatic carbocycles. The Bertz CT molecular complexity index is 1300. The molecule has 1 fully saturated rings. The van der Waals surface area contributed by atoms with Crippen LogP contribution >= 0.6 is 11.6 Å². The molecule has 0 unspecified atom stereocenters. The Morgan fingerprint density at radius 2 is 1.57 bits per heavy atom. The van der Waals surface area contributed by atoms with E-state index in [-0.39, 0.29) is 11.4 Å². The van der Waals surface area contributed by atoms with Crippen LogP contribution in [0.3, 0.4) is 0 Å². The van der Waals surface area contributed by atoms with E-state index in [2.05, 4.69) is 36.6 Å². The number of nitrogens with one attached hydrogen (secondary N) is 2. The highest BCUT2D eigenvalue weighted by atomic mass is 35.5. The van der Waals surface area contributed by atoms with E-state index in [0.717, 1.165) is 44.1 Å². The van der Waals surface area contributed by atoms with Gasteiger partial charge in [-0.05, 0) is 99.0 Å². The van der Waals surface area contributed by atoms with Gasteiger partial charge in [0.25, 0.3) is 5.91 Å². The number of hydrogen-bond donors (Lipinski definition) is 3. The number of aliphatic carboxylic acids is 1. The van der Waals surface area contributed by atoms with Gasteiger partial charge in [0.15, 0.2) is 0 Å². The smallest absolute Gasteiger partial charge is 0.329 e. The predicted octanol–water partition coefficient (Wildman–Crippen LogP) is 6.63. The van der Waals surface area contributed by atoms with Gasteiger partial charge in [0.1, 0.15) is 5.54 Å². The van der Waals surface area contributed by atoms with Gasteiger partial charge in [-0.15, -0.1) is 0 Å². The fraction of sp³-hybridized carbons (Fsp3) is 0.310. The molecular formula is C29H31ClN2O3. The summed E-state index contributed by atoms with van der Waals surface area (Å²) < 4.78 is 0. The third-order valence-electron chi connectivity index (χ3n) is 6.80. The molecule has 0 bridgehead atoms. The number of rotatable bonds is 7. The zero-order valence-electron chi connectivity index (χ0n) is 20.8. The number of carboxylic acid groups (broad SMARTS) is 1. The van der Waals surface area contributed by atoms with Crippen LogP contribution in [0.25, 0.3) is 11.1 Å². The molecule has 0 radical (unpaired) electrons. The second-order valence-electron chi connectivity index (χ2n) is 10.1. The monoisotopic (exact) mass is 490 g/mol. The fourth-order valence-corrected chi connectivity index (χ4v) is 4.65. The van der Waals surface area contributed by atoms with Gasteiger partial charge >= 0.3 is 5.97 Å². The maximum absolute atomic E-state index is 12.9. The molecule has 3 aromatic rings. The zero-order chi connectivity index (χ0) is 25.5. The number of anilines is 1. The lowest BCUT2D eigenvalue weighted by atomic mass is 9.92. The molecule has 1 amide bonds. The SMILES string of the molecule is Cc1cc(C(C)(C)Nc2cccc(-c3cc(C)c(C(=O)NC4(C(=O)O)CC4)c(C)c3)c2)ccc1Cl. The highest BCUT2D eigenvalue weighted by Gasteiger charge is 2.51. The van der Waals surface area contributed by atoms with Gasteiger partial charge in [-0.2, -0.15) is 0 Å². The standard InChI is InChI=1S/C29H31ClN2O3/c1-17-15-22(9-10-24(17)30)28(4,5)31-23-8-6-7-20(16-23)21-13-18(2)25(19(3)14-21)26(33)32-29(11-12-29)27(34)35/h6-10,13-16,31H,11-12H2,1-5H3,(H,32,33)(H,34,35). The summed E-state index contributed by atoms with van der Waals surface area (Å²) in [5, 5.41) is 16.5. The summed E-state index contributed by atoms with van der Waals surface area (Å²) in [6.45, 7) is 10.0. The van der Waals surface area contributed by atoms with Crippen molar-refractivity contribution in [2.24, 2.45) is 0 Å². The fourth-order valence-electron chi connectivity index (χ4n) is 4.53. The van der Waals surface area contributed by atoms with Crippen LogP contribution in [-0.4, -0.2) is 22.5 Å². The van der Waals surface area contributed by atoms with E-state index in [4.69, 9.17) is 11.6 Å². The van der Waals surface area contributed by atoms with Gasteiger partial charge in [-0.25, -0.2) is 4.79 Å². The van der Waals surface area contributed by atoms with E-state index in [1.807, 2.05) is 63.2 Å². The first-order valence-corrected chi connectivity index (χ1v) is 12.1. The molecule has 4 rings (SSSR count). The van der Waals surface area contributed by atoms with Crippen molar-refractivity contribution in [2.45, 2.75) is 58.5 Å². The number of amides is 1. The molecule has 0 spiro atoms. The molecule has 3 N–H and O–H groups in total. The van der Waals surface area contributed by atoms with Gasteiger partial charge < -0.3 is 15.7 Å². The van der Waals surface area contributed by atoms with Crippen LogP contribution < -0.4 is 10.6 Å². The molecule has 182 valence electrons. The van der Waals surface area contributed by atoms with E-state index < -0.39 is 11.5 Å². The Balaban J connectivity index is 1.59. The Hall–Kier alpha value is -3.31. The van der Waals surface area contributed by atoms with Crippen molar-refractivity contribution in [3.8, 4) is 11.1 Å². The summed E-state index contributed by atoms with van der Waals surface area (Å²) in [7, 11) is 0. The summed E-state index contributed by atoms with van der Waals surface area (Å²) in [6.07, 6.45) is 0.936. The van der Waals surface area contributed by atoms with Gasteiger partial charge in [0.2, 0.25) is 0 Å². The van der Waals surface area contributed by atoms with Crippen molar-refractivity contribution in [1.82, 2.24) is 5.32 Å². The summed E-state index contributed by atoms with van der Waals surface area (Å²) in [6, 6.07) is 18.2. The molecule has 35 heavy (non-hydrogen) atoms. The second kappa shape index (κ2) is 9.04. The number of benzene rings is 3. The van der Waals surface area contributed by atoms with E-state index in [1.165, 1.54) is 0 Å². The number of carboxylic acids is 1. The Kier molecular flexibility index (Phi) is 6.41. The molecule has 0 aromatic heterocycles.